The van der Waals surface area contributed by atoms with Gasteiger partial charge in [-0.2, -0.15) is 14.0 Å². The summed E-state index contributed by atoms with van der Waals surface area (Å²) in [5.74, 6) is -6.87. The third kappa shape index (κ3) is 2.38. The van der Waals surface area contributed by atoms with E-state index >= 15 is 0 Å². The van der Waals surface area contributed by atoms with E-state index in [1.54, 1.807) is 0 Å². The van der Waals surface area contributed by atoms with Gasteiger partial charge in [0.2, 0.25) is 0 Å². The van der Waals surface area contributed by atoms with Crippen molar-refractivity contribution in [2.45, 2.75) is 12.3 Å². The van der Waals surface area contributed by atoms with Crippen LogP contribution in [-0.2, 0) is 4.79 Å². The van der Waals surface area contributed by atoms with Crippen LogP contribution in [0.15, 0.2) is 0 Å². The van der Waals surface area contributed by atoms with Crippen molar-refractivity contribution in [3.63, 3.8) is 0 Å². The molecule has 0 rings (SSSR count). The lowest BCUT2D eigenvalue weighted by Gasteiger charge is -2.12. The Morgan fingerprint density at radius 2 is 2.08 bits per heavy atom. The maximum atomic E-state index is 12.0. The molecular weight excluding hydrogens is 180 g/mol. The van der Waals surface area contributed by atoms with Gasteiger partial charge in [0, 0.05) is 0 Å². The van der Waals surface area contributed by atoms with Crippen molar-refractivity contribution < 1.29 is 22.4 Å². The smallest absolute Gasteiger partial charge is 0.338 e. The number of carbonyl (C=O) groups is 1. The van der Waals surface area contributed by atoms with E-state index in [2.05, 4.69) is 0 Å². The van der Waals surface area contributed by atoms with Gasteiger partial charge in [0.05, 0.1) is 6.07 Å². The Bertz CT molecular complexity index is 210. The van der Waals surface area contributed by atoms with Crippen molar-refractivity contribution >= 4 is 5.91 Å². The van der Waals surface area contributed by atoms with Gasteiger partial charge in [-0.15, -0.1) is 0 Å². The predicted molar refractivity (Wildman–Crippen MR) is 29.6 cm³/mol. The molecular formula is C5H4F4N2O. The Hall–Kier alpha value is -1.32. The van der Waals surface area contributed by atoms with E-state index in [0.29, 0.717) is 0 Å². The number of carbonyl (C=O) groups excluding carboxylic acids is 1. The van der Waals surface area contributed by atoms with Gasteiger partial charge in [0.15, 0.2) is 0 Å². The van der Waals surface area contributed by atoms with Gasteiger partial charge in [0.25, 0.3) is 5.91 Å². The number of nitrogens with one attached hydrogen (secondary N) is 1. The molecule has 0 saturated carbocycles. The average molecular weight is 184 g/mol. The Labute approximate surface area is 65.0 Å². The van der Waals surface area contributed by atoms with Gasteiger partial charge in [-0.1, -0.05) is 0 Å². The van der Waals surface area contributed by atoms with Crippen LogP contribution in [0.5, 0.6) is 0 Å². The van der Waals surface area contributed by atoms with Gasteiger partial charge in [0.1, 0.15) is 6.54 Å². The zero-order valence-corrected chi connectivity index (χ0v) is 5.65. The summed E-state index contributed by atoms with van der Waals surface area (Å²) in [5.41, 5.74) is 0. The highest BCUT2D eigenvalue weighted by Gasteiger charge is 2.48. The Balaban J connectivity index is 4.18. The number of hydrogen-bond donors (Lipinski definition) is 1. The fourth-order valence-electron chi connectivity index (χ4n) is 0.337. The van der Waals surface area contributed by atoms with Crippen LogP contribution in [0, 0.1) is 11.3 Å². The molecule has 0 aromatic rings. The van der Waals surface area contributed by atoms with Gasteiger partial charge in [-0.25, -0.2) is 8.78 Å². The maximum absolute atomic E-state index is 12.0. The molecule has 0 aliphatic rings. The molecule has 0 aromatic heterocycles. The summed E-state index contributed by atoms with van der Waals surface area (Å²) in [7, 11) is 0. The molecule has 1 amide bonds. The van der Waals surface area contributed by atoms with Crippen molar-refractivity contribution in [3.8, 4) is 6.07 Å². The van der Waals surface area contributed by atoms with Crippen molar-refractivity contribution in [1.29, 1.82) is 5.26 Å². The fourth-order valence-corrected chi connectivity index (χ4v) is 0.337. The summed E-state index contributed by atoms with van der Waals surface area (Å²) < 4.78 is 46.8. The molecule has 0 unspecified atom stereocenters. The first kappa shape index (κ1) is 10.7. The Morgan fingerprint density at radius 1 is 1.58 bits per heavy atom. The second-order valence-electron chi connectivity index (χ2n) is 1.76. The first-order valence-corrected chi connectivity index (χ1v) is 2.74. The van der Waals surface area contributed by atoms with Crippen molar-refractivity contribution in [3.05, 3.63) is 0 Å². The highest BCUT2D eigenvalue weighted by Crippen LogP contribution is 2.22. The minimum atomic E-state index is -4.73. The van der Waals surface area contributed by atoms with E-state index in [0.717, 1.165) is 0 Å². The van der Waals surface area contributed by atoms with Crippen molar-refractivity contribution in [1.82, 2.24) is 5.32 Å². The average Bonchev–Trinajstić information content (AvgIpc) is 1.99. The summed E-state index contributed by atoms with van der Waals surface area (Å²) in [6.45, 7) is -0.721. The van der Waals surface area contributed by atoms with Crippen LogP contribution < -0.4 is 5.32 Å². The first-order valence-electron chi connectivity index (χ1n) is 2.74. The van der Waals surface area contributed by atoms with E-state index in [4.69, 9.17) is 5.26 Å². The van der Waals surface area contributed by atoms with Gasteiger partial charge < -0.3 is 5.32 Å². The largest absolute Gasteiger partial charge is 0.383 e. The highest BCUT2D eigenvalue weighted by atomic mass is 19.3. The predicted octanol–water partition coefficient (Wildman–Crippen LogP) is 0.527. The fraction of sp³-hybridized carbons (Fsp3) is 0.600. The minimum absolute atomic E-state index is 0.721. The maximum Gasteiger partial charge on any atom is 0.383 e. The lowest BCUT2D eigenvalue weighted by molar-refractivity contribution is -0.169. The second kappa shape index (κ2) is 3.90. The van der Waals surface area contributed by atoms with Crippen LogP contribution in [0.1, 0.15) is 0 Å². The summed E-state index contributed by atoms with van der Waals surface area (Å²) in [5, 5.41) is 9.15. The second-order valence-corrected chi connectivity index (χ2v) is 1.76. The van der Waals surface area contributed by atoms with Crippen molar-refractivity contribution in [2.24, 2.45) is 0 Å². The monoisotopic (exact) mass is 184 g/mol. The summed E-state index contributed by atoms with van der Waals surface area (Å²) in [6.07, 6.45) is -4.06. The lowest BCUT2D eigenvalue weighted by atomic mass is 10.3. The molecule has 0 bridgehead atoms. The van der Waals surface area contributed by atoms with Crippen LogP contribution in [0.3, 0.4) is 0 Å². The Morgan fingerprint density at radius 3 is 2.42 bits per heavy atom. The molecule has 68 valence electrons. The minimum Gasteiger partial charge on any atom is -0.338 e. The summed E-state index contributed by atoms with van der Waals surface area (Å²) in [6, 6.07) is 1.30. The topological polar surface area (TPSA) is 52.9 Å². The molecule has 1 N–H and O–H groups in total. The normalized spacial score (nSPS) is 11.0. The number of halogens is 4. The third-order valence-electron chi connectivity index (χ3n) is 0.905. The van der Waals surface area contributed by atoms with E-state index in [1.165, 1.54) is 11.4 Å². The van der Waals surface area contributed by atoms with E-state index < -0.39 is 24.8 Å². The summed E-state index contributed by atoms with van der Waals surface area (Å²) in [4.78, 5) is 10.2. The third-order valence-corrected chi connectivity index (χ3v) is 0.905. The molecule has 0 aromatic carbocycles. The Kier molecular flexibility index (Phi) is 3.47. The number of alkyl halides is 4. The number of nitrogens with zero attached hydrogens (tertiary/aromatic N) is 1. The van der Waals surface area contributed by atoms with Gasteiger partial charge in [-0.3, -0.25) is 4.79 Å². The summed E-state index contributed by atoms with van der Waals surface area (Å²) >= 11 is 0. The molecule has 0 atom stereocenters. The zero-order valence-electron chi connectivity index (χ0n) is 5.65. The van der Waals surface area contributed by atoms with Crippen molar-refractivity contribution in [2.75, 3.05) is 6.54 Å². The molecule has 0 saturated heterocycles. The van der Waals surface area contributed by atoms with Crippen LogP contribution in [0.4, 0.5) is 17.6 Å². The standard InChI is InChI=1S/C5H4F4N2O/c6-3(7)5(8,9)4(12)11-2-1-10/h3H,2H2,(H,11,12). The number of nitriles is 1. The number of hydrogen-bond acceptors (Lipinski definition) is 2. The highest BCUT2D eigenvalue weighted by molar-refractivity contribution is 5.83. The van der Waals surface area contributed by atoms with Crippen LogP contribution in [-0.4, -0.2) is 24.8 Å². The molecule has 0 heterocycles. The first-order chi connectivity index (χ1) is 5.42. The van der Waals surface area contributed by atoms with E-state index in [-0.39, 0.29) is 0 Å². The lowest BCUT2D eigenvalue weighted by Crippen LogP contribution is -2.45. The van der Waals surface area contributed by atoms with Crippen LogP contribution in [0.25, 0.3) is 0 Å². The van der Waals surface area contributed by atoms with Gasteiger partial charge >= 0.3 is 12.3 Å². The number of rotatable bonds is 3. The number of amides is 1. The molecule has 7 heteroatoms. The zero-order chi connectivity index (χ0) is 9.78. The SMILES string of the molecule is N#CCNC(=O)C(F)(F)C(F)F. The molecule has 0 aliphatic carbocycles. The molecule has 0 fully saturated rings. The molecule has 0 aliphatic heterocycles. The molecule has 0 radical (unpaired) electrons. The van der Waals surface area contributed by atoms with E-state index in [9.17, 15) is 22.4 Å². The van der Waals surface area contributed by atoms with Crippen LogP contribution in [0.2, 0.25) is 0 Å². The molecule has 3 nitrogen and oxygen atoms in total. The molecule has 0 spiro atoms. The molecule has 12 heavy (non-hydrogen) atoms. The van der Waals surface area contributed by atoms with Crippen LogP contribution >= 0.6 is 0 Å². The van der Waals surface area contributed by atoms with Gasteiger partial charge in [-0.05, 0) is 0 Å². The van der Waals surface area contributed by atoms with E-state index in [1.807, 2.05) is 0 Å². The quantitative estimate of drug-likeness (QED) is 0.513.